The van der Waals surface area contributed by atoms with E-state index in [0.29, 0.717) is 61.4 Å². The van der Waals surface area contributed by atoms with E-state index in [9.17, 15) is 30.2 Å². The summed E-state index contributed by atoms with van der Waals surface area (Å²) < 4.78 is 11.8. The van der Waals surface area contributed by atoms with Gasteiger partial charge < -0.3 is 30.3 Å². The Labute approximate surface area is 314 Å². The molecule has 0 radical (unpaired) electrons. The normalized spacial score (nSPS) is 17.1. The Kier molecular flexibility index (Phi) is 13.5. The predicted molar refractivity (Wildman–Crippen MR) is 201 cm³/mol. The highest BCUT2D eigenvalue weighted by molar-refractivity contribution is 6.33. The zero-order valence-electron chi connectivity index (χ0n) is 30.2. The molecule has 1 saturated carbocycles. The number of carbonyl (C=O) groups is 4. The summed E-state index contributed by atoms with van der Waals surface area (Å²) in [7, 11) is 0. The smallest absolute Gasteiger partial charge is 0.323 e. The van der Waals surface area contributed by atoms with Gasteiger partial charge in [0.05, 0.1) is 23.7 Å². The number of hydrogen-bond donors (Lipinski definition) is 0. The van der Waals surface area contributed by atoms with Crippen LogP contribution in [0.15, 0.2) is 109 Å². The molecule has 12 heteroatoms. The van der Waals surface area contributed by atoms with Crippen LogP contribution in [0.4, 0.5) is 0 Å². The van der Waals surface area contributed by atoms with Crippen LogP contribution in [0.5, 0.6) is 23.0 Å². The summed E-state index contributed by atoms with van der Waals surface area (Å²) in [6, 6.07) is 33.2. The van der Waals surface area contributed by atoms with E-state index in [1.165, 1.54) is 0 Å². The average Bonchev–Trinajstić information content (AvgIpc) is 3.16. The Bertz CT molecular complexity index is 1860. The van der Waals surface area contributed by atoms with Crippen LogP contribution in [0.2, 0.25) is 0 Å². The Balaban J connectivity index is 1.42. The van der Waals surface area contributed by atoms with Gasteiger partial charge in [-0.1, -0.05) is 74.5 Å². The second kappa shape index (κ2) is 18.8. The molecule has 0 bridgehead atoms. The largest absolute Gasteiger partial charge is 0.457 e. The van der Waals surface area contributed by atoms with Gasteiger partial charge in [-0.2, -0.15) is 9.58 Å². The Morgan fingerprint density at radius 2 is 0.870 bits per heavy atom. The van der Waals surface area contributed by atoms with E-state index in [1.807, 2.05) is 98.8 Å². The average molecular weight is 727 g/mol. The van der Waals surface area contributed by atoms with Crippen LogP contribution in [0.3, 0.4) is 0 Å². The number of ketones is 2. The van der Waals surface area contributed by atoms with Gasteiger partial charge in [0.2, 0.25) is 23.4 Å². The first kappa shape index (κ1) is 38.7. The fourth-order valence-electron chi connectivity index (χ4n) is 6.87. The minimum Gasteiger partial charge on any atom is -0.457 e. The van der Waals surface area contributed by atoms with Gasteiger partial charge in [0.1, 0.15) is 23.0 Å². The molecule has 1 aliphatic rings. The fraction of sp³-hybridized carbons (Fsp3) is 0.286. The van der Waals surface area contributed by atoms with Crippen molar-refractivity contribution in [3.05, 3.63) is 131 Å². The standard InChI is InChI=1S/C42H42N6O6/c1-3-23-47(27-29-15-19-33(20-16-29)53-31-11-7-5-8-12-31)41(51)39-37(35(49)25-45-43)38(36(50)26-46-44)40(39)42(52)48(24-4-2)28-30-17-21-34(22-18-30)54-32-13-9-6-10-14-32/h5-22,25-26,37-40H,3-4,23-24,27-28H2,1-2H3/t37-,38-,39-,40-/m0/s1. The van der Waals surface area contributed by atoms with Crippen LogP contribution < -0.4 is 9.47 Å². The molecule has 276 valence electrons. The van der Waals surface area contributed by atoms with Crippen LogP contribution in [0, 0.1) is 23.7 Å². The molecule has 1 fully saturated rings. The van der Waals surface area contributed by atoms with Crippen LogP contribution in [0.25, 0.3) is 11.1 Å². The summed E-state index contributed by atoms with van der Waals surface area (Å²) in [6.45, 7) is 4.75. The lowest BCUT2D eigenvalue weighted by atomic mass is 9.53. The van der Waals surface area contributed by atoms with Crippen molar-refractivity contribution in [1.82, 2.24) is 9.80 Å². The lowest BCUT2D eigenvalue weighted by Crippen LogP contribution is -2.64. The molecule has 12 nitrogen and oxygen atoms in total. The highest BCUT2D eigenvalue weighted by Gasteiger charge is 2.64. The van der Waals surface area contributed by atoms with Crippen molar-refractivity contribution in [3.8, 4) is 23.0 Å². The number of ether oxygens (including phenoxy) is 2. The lowest BCUT2D eigenvalue weighted by molar-refractivity contribution is -0.172. The van der Waals surface area contributed by atoms with Gasteiger partial charge in [-0.15, -0.1) is 0 Å². The highest BCUT2D eigenvalue weighted by atomic mass is 16.5. The van der Waals surface area contributed by atoms with Gasteiger partial charge in [-0.05, 0) is 72.5 Å². The second-order valence-corrected chi connectivity index (χ2v) is 13.0. The van der Waals surface area contributed by atoms with Crippen molar-refractivity contribution >= 4 is 35.8 Å². The van der Waals surface area contributed by atoms with Crippen LogP contribution in [-0.2, 0) is 32.3 Å². The first-order valence-electron chi connectivity index (χ1n) is 17.9. The summed E-state index contributed by atoms with van der Waals surface area (Å²) in [5.41, 5.74) is 20.1. The first-order valence-corrected chi connectivity index (χ1v) is 17.9. The summed E-state index contributed by atoms with van der Waals surface area (Å²) in [5.74, 6) is -5.15. The number of hydrogen-bond acceptors (Lipinski definition) is 6. The molecule has 0 aromatic heterocycles. The predicted octanol–water partition coefficient (Wildman–Crippen LogP) is 6.67. The number of benzene rings is 4. The Hall–Kier alpha value is -6.48. The van der Waals surface area contributed by atoms with Gasteiger partial charge in [-0.3, -0.25) is 19.2 Å². The van der Waals surface area contributed by atoms with Gasteiger partial charge in [0.15, 0.2) is 0 Å². The molecule has 4 aromatic rings. The summed E-state index contributed by atoms with van der Waals surface area (Å²) in [4.78, 5) is 64.9. The molecule has 0 aliphatic heterocycles. The van der Waals surface area contributed by atoms with E-state index in [4.69, 9.17) is 9.47 Å². The molecule has 0 N–H and O–H groups in total. The van der Waals surface area contributed by atoms with Gasteiger partial charge in [0.25, 0.3) is 0 Å². The van der Waals surface area contributed by atoms with Crippen molar-refractivity contribution in [1.29, 1.82) is 0 Å². The molecular formula is C42H42N6O6. The van der Waals surface area contributed by atoms with Crippen LogP contribution in [-0.4, -0.2) is 68.3 Å². The molecular weight excluding hydrogens is 684 g/mol. The monoisotopic (exact) mass is 726 g/mol. The third-order valence-electron chi connectivity index (χ3n) is 9.31. The molecule has 2 amide bonds. The highest BCUT2D eigenvalue weighted by Crippen LogP contribution is 2.49. The molecule has 54 heavy (non-hydrogen) atoms. The summed E-state index contributed by atoms with van der Waals surface area (Å²) >= 11 is 0. The number of para-hydroxylation sites is 2. The third kappa shape index (κ3) is 9.49. The number of carbonyl (C=O) groups excluding carboxylic acids is 4. The number of amides is 2. The summed E-state index contributed by atoms with van der Waals surface area (Å²) in [6.07, 6.45) is 2.43. The maximum atomic E-state index is 14.6. The van der Waals surface area contributed by atoms with Crippen LogP contribution >= 0.6 is 0 Å². The SMILES string of the molecule is CCCN(Cc1ccc(Oc2ccccc2)cc1)C(=O)[C@H]1[C@@H](C(=O)C=[N+]=[N-])[C@H](C(=O)C=[N+]=[N-])[C@@H]1C(=O)N(CCC)Cc1ccc(Oc2ccccc2)cc1. The molecule has 0 unspecified atom stereocenters. The maximum absolute atomic E-state index is 14.6. The van der Waals surface area contributed by atoms with Crippen LogP contribution in [0.1, 0.15) is 37.8 Å². The van der Waals surface area contributed by atoms with E-state index in [1.54, 1.807) is 34.1 Å². The molecule has 0 saturated heterocycles. The summed E-state index contributed by atoms with van der Waals surface area (Å²) in [5, 5.41) is 0. The third-order valence-corrected chi connectivity index (χ3v) is 9.31. The molecule has 1 aliphatic carbocycles. The molecule has 0 heterocycles. The second-order valence-electron chi connectivity index (χ2n) is 13.0. The minimum absolute atomic E-state index is 0.164. The minimum atomic E-state index is -1.33. The lowest BCUT2D eigenvalue weighted by Gasteiger charge is -2.49. The van der Waals surface area contributed by atoms with Gasteiger partial charge in [0, 0.05) is 26.2 Å². The van der Waals surface area contributed by atoms with E-state index in [-0.39, 0.29) is 13.1 Å². The van der Waals surface area contributed by atoms with Crippen molar-refractivity contribution in [2.45, 2.75) is 39.8 Å². The Morgan fingerprint density at radius 1 is 0.537 bits per heavy atom. The zero-order chi connectivity index (χ0) is 38.5. The zero-order valence-corrected chi connectivity index (χ0v) is 30.2. The quantitative estimate of drug-likeness (QED) is 0.0631. The molecule has 4 atom stereocenters. The van der Waals surface area contributed by atoms with E-state index in [2.05, 4.69) is 9.58 Å². The molecule has 0 spiro atoms. The molecule has 5 rings (SSSR count). The number of nitrogens with zero attached hydrogens (tertiary/aromatic N) is 6. The van der Waals surface area contributed by atoms with Crippen molar-refractivity contribution < 1.29 is 38.2 Å². The van der Waals surface area contributed by atoms with Crippen molar-refractivity contribution in [2.75, 3.05) is 13.1 Å². The number of rotatable bonds is 18. The number of Topliss-reactive ketones (excluding diaryl/α,β-unsaturated/α-hetero) is 2. The first-order chi connectivity index (χ1) is 26.3. The van der Waals surface area contributed by atoms with E-state index >= 15 is 0 Å². The molecule has 4 aromatic carbocycles. The topological polar surface area (TPSA) is 166 Å². The van der Waals surface area contributed by atoms with Gasteiger partial charge in [-0.25, -0.2) is 0 Å². The Morgan fingerprint density at radius 3 is 1.19 bits per heavy atom. The van der Waals surface area contributed by atoms with E-state index < -0.39 is 47.1 Å². The van der Waals surface area contributed by atoms with Crippen molar-refractivity contribution in [2.24, 2.45) is 23.7 Å². The maximum Gasteiger partial charge on any atom is 0.323 e. The van der Waals surface area contributed by atoms with Gasteiger partial charge >= 0.3 is 12.4 Å². The fourth-order valence-corrected chi connectivity index (χ4v) is 6.87. The van der Waals surface area contributed by atoms with E-state index in [0.717, 1.165) is 11.1 Å². The van der Waals surface area contributed by atoms with Crippen molar-refractivity contribution in [3.63, 3.8) is 0 Å².